The van der Waals surface area contributed by atoms with Crippen LogP contribution in [0.2, 0.25) is 5.15 Å². The molecule has 0 saturated carbocycles. The van der Waals surface area contributed by atoms with Gasteiger partial charge in [-0.1, -0.05) is 23.7 Å². The van der Waals surface area contributed by atoms with Gasteiger partial charge in [0.25, 0.3) is 0 Å². The summed E-state index contributed by atoms with van der Waals surface area (Å²) in [5, 5.41) is 3.17. The van der Waals surface area contributed by atoms with Gasteiger partial charge in [0.05, 0.1) is 28.4 Å². The fraction of sp³-hybridized carbons (Fsp3) is 0.421. The van der Waals surface area contributed by atoms with Gasteiger partial charge in [-0.15, -0.1) is 0 Å². The molecule has 0 radical (unpaired) electrons. The van der Waals surface area contributed by atoms with Gasteiger partial charge >= 0.3 is 7.12 Å². The standard InChI is InChI=1S/C19H23BClN3O3/c1-12(25)22-10-14(20-26-18(2,3)19(4,5)27-20)8-13-6-7-15-16(9-13)24-17(21)11-23-15/h6-9,11H,10H2,1-5H3,(H,22,25). The lowest BCUT2D eigenvalue weighted by molar-refractivity contribution is -0.118. The van der Waals surface area contributed by atoms with Crippen molar-refractivity contribution in [2.24, 2.45) is 0 Å². The van der Waals surface area contributed by atoms with Crippen LogP contribution in [0.15, 0.2) is 29.9 Å². The number of hydrogen-bond donors (Lipinski definition) is 1. The van der Waals surface area contributed by atoms with E-state index in [2.05, 4.69) is 15.3 Å². The first-order chi connectivity index (χ1) is 12.6. The zero-order valence-electron chi connectivity index (χ0n) is 16.2. The molecule has 1 N–H and O–H groups in total. The molecule has 6 nitrogen and oxygen atoms in total. The number of amides is 1. The van der Waals surface area contributed by atoms with Crippen LogP contribution in [0, 0.1) is 0 Å². The Bertz CT molecular complexity index is 898. The highest BCUT2D eigenvalue weighted by Gasteiger charge is 2.52. The summed E-state index contributed by atoms with van der Waals surface area (Å²) >= 11 is 5.95. The summed E-state index contributed by atoms with van der Waals surface area (Å²) in [6, 6.07) is 5.71. The van der Waals surface area contributed by atoms with E-state index in [0.29, 0.717) is 17.2 Å². The zero-order valence-corrected chi connectivity index (χ0v) is 16.9. The molecule has 3 rings (SSSR count). The van der Waals surface area contributed by atoms with Crippen molar-refractivity contribution in [1.82, 2.24) is 15.3 Å². The molecule has 1 aromatic carbocycles. The third-order valence-corrected chi connectivity index (χ3v) is 5.17. The minimum absolute atomic E-state index is 0.117. The van der Waals surface area contributed by atoms with Crippen molar-refractivity contribution in [1.29, 1.82) is 0 Å². The molecule has 8 heteroatoms. The van der Waals surface area contributed by atoms with Crippen molar-refractivity contribution in [2.45, 2.75) is 45.8 Å². The highest BCUT2D eigenvalue weighted by atomic mass is 35.5. The van der Waals surface area contributed by atoms with Crippen LogP contribution in [0.4, 0.5) is 0 Å². The van der Waals surface area contributed by atoms with Gasteiger partial charge in [0.1, 0.15) is 5.15 Å². The summed E-state index contributed by atoms with van der Waals surface area (Å²) in [6.45, 7) is 9.79. The minimum atomic E-state index is -0.553. The lowest BCUT2D eigenvalue weighted by Crippen LogP contribution is -2.41. The van der Waals surface area contributed by atoms with E-state index in [0.717, 1.165) is 16.6 Å². The first kappa shape index (κ1) is 19.8. The SMILES string of the molecule is CC(=O)NCC(=Cc1ccc2ncc(Cl)nc2c1)B1OC(C)(C)C(C)(C)O1. The molecule has 1 amide bonds. The number of nitrogens with one attached hydrogen (secondary N) is 1. The molecule has 0 atom stereocenters. The summed E-state index contributed by atoms with van der Waals surface area (Å²) in [7, 11) is -0.553. The van der Waals surface area contributed by atoms with Gasteiger partial charge in [-0.2, -0.15) is 0 Å². The number of carbonyl (C=O) groups excluding carboxylic acids is 1. The summed E-state index contributed by atoms with van der Waals surface area (Å²) in [5.41, 5.74) is 2.25. The number of rotatable bonds is 4. The highest BCUT2D eigenvalue weighted by molar-refractivity contribution is 6.56. The van der Waals surface area contributed by atoms with E-state index >= 15 is 0 Å². The van der Waals surface area contributed by atoms with Crippen LogP contribution in [0.5, 0.6) is 0 Å². The molecule has 0 unspecified atom stereocenters. The van der Waals surface area contributed by atoms with Crippen LogP contribution >= 0.6 is 11.6 Å². The van der Waals surface area contributed by atoms with Crippen LogP contribution in [0.3, 0.4) is 0 Å². The summed E-state index contributed by atoms with van der Waals surface area (Å²) < 4.78 is 12.3. The van der Waals surface area contributed by atoms with Crippen molar-refractivity contribution < 1.29 is 14.1 Å². The average molecular weight is 388 g/mol. The quantitative estimate of drug-likeness (QED) is 0.814. The molecule has 0 spiro atoms. The average Bonchev–Trinajstić information content (AvgIpc) is 2.78. The normalized spacial score (nSPS) is 18.7. The van der Waals surface area contributed by atoms with Gasteiger partial charge in [-0.25, -0.2) is 4.98 Å². The number of fused-ring (bicyclic) bond motifs is 1. The van der Waals surface area contributed by atoms with Gasteiger partial charge < -0.3 is 14.6 Å². The Labute approximate surface area is 164 Å². The van der Waals surface area contributed by atoms with Crippen LogP contribution in [-0.2, 0) is 14.1 Å². The monoisotopic (exact) mass is 387 g/mol. The third-order valence-electron chi connectivity index (χ3n) is 4.99. The Kier molecular flexibility index (Phi) is 5.30. The van der Waals surface area contributed by atoms with Crippen LogP contribution in [-0.4, -0.2) is 40.7 Å². The smallest absolute Gasteiger partial charge is 0.400 e. The first-order valence-corrected chi connectivity index (χ1v) is 9.18. The molecular weight excluding hydrogens is 364 g/mol. The Morgan fingerprint density at radius 1 is 1.22 bits per heavy atom. The molecule has 1 fully saturated rings. The molecule has 1 aromatic heterocycles. The largest absolute Gasteiger partial charge is 0.492 e. The number of benzene rings is 1. The van der Waals surface area contributed by atoms with Crippen molar-refractivity contribution in [3.05, 3.63) is 40.6 Å². The van der Waals surface area contributed by atoms with Crippen molar-refractivity contribution >= 4 is 41.7 Å². The number of carbonyl (C=O) groups is 1. The summed E-state index contributed by atoms with van der Waals surface area (Å²) in [4.78, 5) is 20.0. The molecule has 1 saturated heterocycles. The van der Waals surface area contributed by atoms with Crippen LogP contribution in [0.25, 0.3) is 17.1 Å². The number of aromatic nitrogens is 2. The zero-order chi connectivity index (χ0) is 19.8. The van der Waals surface area contributed by atoms with E-state index in [4.69, 9.17) is 20.9 Å². The van der Waals surface area contributed by atoms with E-state index in [-0.39, 0.29) is 5.91 Å². The van der Waals surface area contributed by atoms with Gasteiger partial charge in [0.2, 0.25) is 5.91 Å². The van der Waals surface area contributed by atoms with E-state index in [1.807, 2.05) is 52.0 Å². The Morgan fingerprint density at radius 2 is 1.89 bits per heavy atom. The minimum Gasteiger partial charge on any atom is -0.400 e. The third kappa shape index (κ3) is 4.31. The molecule has 142 valence electrons. The molecule has 0 aliphatic carbocycles. The second-order valence-corrected chi connectivity index (χ2v) is 8.05. The lowest BCUT2D eigenvalue weighted by atomic mass is 9.77. The van der Waals surface area contributed by atoms with Crippen LogP contribution in [0.1, 0.15) is 40.2 Å². The number of nitrogens with zero attached hydrogens (tertiary/aromatic N) is 2. The van der Waals surface area contributed by atoms with Gasteiger partial charge in [-0.05, 0) is 50.9 Å². The molecule has 2 aromatic rings. The van der Waals surface area contributed by atoms with Gasteiger partial charge in [0, 0.05) is 13.5 Å². The number of hydrogen-bond acceptors (Lipinski definition) is 5. The molecule has 0 bridgehead atoms. The van der Waals surface area contributed by atoms with E-state index < -0.39 is 18.3 Å². The van der Waals surface area contributed by atoms with Crippen LogP contribution < -0.4 is 5.32 Å². The first-order valence-electron chi connectivity index (χ1n) is 8.80. The van der Waals surface area contributed by atoms with Crippen molar-refractivity contribution in [3.63, 3.8) is 0 Å². The summed E-state index contributed by atoms with van der Waals surface area (Å²) in [5.74, 6) is -0.117. The Hall–Kier alpha value is -1.96. The Balaban J connectivity index is 1.96. The second-order valence-electron chi connectivity index (χ2n) is 7.66. The second kappa shape index (κ2) is 7.22. The predicted octanol–water partition coefficient (Wildman–Crippen LogP) is 3.43. The van der Waals surface area contributed by atoms with E-state index in [1.54, 1.807) is 0 Å². The Morgan fingerprint density at radius 3 is 2.52 bits per heavy atom. The molecule has 27 heavy (non-hydrogen) atoms. The maximum absolute atomic E-state index is 11.4. The predicted molar refractivity (Wildman–Crippen MR) is 107 cm³/mol. The van der Waals surface area contributed by atoms with Crippen molar-refractivity contribution in [3.8, 4) is 0 Å². The highest BCUT2D eigenvalue weighted by Crippen LogP contribution is 2.38. The fourth-order valence-electron chi connectivity index (χ4n) is 2.73. The van der Waals surface area contributed by atoms with Gasteiger partial charge in [-0.3, -0.25) is 9.78 Å². The molecule has 2 heterocycles. The van der Waals surface area contributed by atoms with Gasteiger partial charge in [0.15, 0.2) is 0 Å². The maximum Gasteiger partial charge on any atom is 0.492 e. The summed E-state index contributed by atoms with van der Waals surface area (Å²) in [6.07, 6.45) is 3.46. The van der Waals surface area contributed by atoms with E-state index in [9.17, 15) is 4.79 Å². The maximum atomic E-state index is 11.4. The van der Waals surface area contributed by atoms with Crippen molar-refractivity contribution in [2.75, 3.05) is 6.54 Å². The fourth-order valence-corrected chi connectivity index (χ4v) is 2.87. The molecular formula is C19H23BClN3O3. The topological polar surface area (TPSA) is 73.3 Å². The lowest BCUT2D eigenvalue weighted by Gasteiger charge is -2.32. The molecule has 1 aliphatic rings. The van der Waals surface area contributed by atoms with E-state index in [1.165, 1.54) is 13.1 Å². The number of halogens is 1. The molecule has 1 aliphatic heterocycles.